The second-order valence-electron chi connectivity index (χ2n) is 8.01. The molecule has 154 valence electrons. The molecule has 0 radical (unpaired) electrons. The fourth-order valence-corrected chi connectivity index (χ4v) is 5.02. The average Bonchev–Trinajstić information content (AvgIpc) is 2.76. The Kier molecular flexibility index (Phi) is 4.06. The molecule has 2 atom stereocenters. The molecule has 2 fully saturated rings. The molecule has 2 saturated heterocycles. The predicted octanol–water partition coefficient (Wildman–Crippen LogP) is 1.77. The maximum absolute atomic E-state index is 14.8. The van der Waals surface area contributed by atoms with Gasteiger partial charge in [0.05, 0.1) is 11.7 Å². The van der Waals surface area contributed by atoms with Crippen LogP contribution in [0.1, 0.15) is 5.56 Å². The number of amides is 4. The summed E-state index contributed by atoms with van der Waals surface area (Å²) in [5.74, 6) is -1.53. The molecule has 4 amide bonds. The van der Waals surface area contributed by atoms with Gasteiger partial charge < -0.3 is 9.80 Å². The summed E-state index contributed by atoms with van der Waals surface area (Å²) in [6.45, 7) is 1.43. The van der Waals surface area contributed by atoms with Crippen molar-refractivity contribution in [2.75, 3.05) is 36.5 Å². The van der Waals surface area contributed by atoms with Gasteiger partial charge in [0.1, 0.15) is 5.82 Å². The zero-order valence-electron chi connectivity index (χ0n) is 16.5. The van der Waals surface area contributed by atoms with Crippen molar-refractivity contribution in [2.24, 2.45) is 5.41 Å². The highest BCUT2D eigenvalue weighted by Crippen LogP contribution is 2.46. The molecule has 0 saturated carbocycles. The Morgan fingerprint density at radius 1 is 1.03 bits per heavy atom. The lowest BCUT2D eigenvalue weighted by molar-refractivity contribution is -0.152. The Labute approximate surface area is 173 Å². The van der Waals surface area contributed by atoms with Gasteiger partial charge in [0.25, 0.3) is 0 Å². The lowest BCUT2D eigenvalue weighted by atomic mass is 9.67. The van der Waals surface area contributed by atoms with Crippen LogP contribution in [0, 0.1) is 11.2 Å². The standard InChI is InChI=1S/C22H21FN4O3/c1-25-20(29)22(19(28)24-21(25)30)12-14-6-5-9-16(23)18(14)27-11-10-26(13-17(22)27)15-7-3-2-4-8-15/h2-9,17H,10-13H2,1H3,(H,24,28,30)/t17-,22-/m0/s1. The fraction of sp³-hybridized carbons (Fsp3) is 0.318. The summed E-state index contributed by atoms with van der Waals surface area (Å²) in [4.78, 5) is 43.6. The molecule has 0 bridgehead atoms. The van der Waals surface area contributed by atoms with Gasteiger partial charge in [-0.25, -0.2) is 9.18 Å². The number of fused-ring (bicyclic) bond motifs is 4. The number of benzene rings is 2. The van der Waals surface area contributed by atoms with Crippen LogP contribution >= 0.6 is 0 Å². The van der Waals surface area contributed by atoms with Gasteiger partial charge in [0.15, 0.2) is 5.41 Å². The van der Waals surface area contributed by atoms with Crippen LogP contribution in [0.3, 0.4) is 0 Å². The van der Waals surface area contributed by atoms with E-state index in [0.29, 0.717) is 30.9 Å². The topological polar surface area (TPSA) is 73.0 Å². The first-order chi connectivity index (χ1) is 14.4. The van der Waals surface area contributed by atoms with E-state index in [9.17, 15) is 18.8 Å². The number of urea groups is 1. The van der Waals surface area contributed by atoms with Crippen LogP contribution in [-0.4, -0.2) is 55.5 Å². The maximum Gasteiger partial charge on any atom is 0.330 e. The van der Waals surface area contributed by atoms with E-state index in [4.69, 9.17) is 0 Å². The van der Waals surface area contributed by atoms with Crippen LogP contribution in [0.4, 0.5) is 20.6 Å². The fourth-order valence-electron chi connectivity index (χ4n) is 5.02. The largest absolute Gasteiger partial charge is 0.368 e. The summed E-state index contributed by atoms with van der Waals surface area (Å²) in [5, 5.41) is 2.34. The number of barbiturate groups is 1. The first-order valence-corrected chi connectivity index (χ1v) is 9.91. The molecule has 2 aromatic carbocycles. The molecule has 0 unspecified atom stereocenters. The molecule has 0 aliphatic carbocycles. The molecule has 7 nitrogen and oxygen atoms in total. The number of para-hydroxylation sites is 2. The van der Waals surface area contributed by atoms with Gasteiger partial charge in [-0.2, -0.15) is 0 Å². The van der Waals surface area contributed by atoms with E-state index >= 15 is 0 Å². The molecule has 30 heavy (non-hydrogen) atoms. The summed E-state index contributed by atoms with van der Waals surface area (Å²) in [7, 11) is 1.37. The molecule has 1 spiro atoms. The van der Waals surface area contributed by atoms with Crippen molar-refractivity contribution >= 4 is 29.2 Å². The third-order valence-corrected chi connectivity index (χ3v) is 6.51. The summed E-state index contributed by atoms with van der Waals surface area (Å²) in [6, 6.07) is 13.1. The SMILES string of the molecule is CN1C(=O)NC(=O)[C@@]2(Cc3cccc(F)c3N3CCN(c4ccccc4)C[C@H]32)C1=O. The number of anilines is 2. The van der Waals surface area contributed by atoms with Gasteiger partial charge in [0.2, 0.25) is 11.8 Å². The maximum atomic E-state index is 14.8. The second kappa shape index (κ2) is 6.55. The van der Waals surface area contributed by atoms with E-state index in [-0.39, 0.29) is 12.2 Å². The van der Waals surface area contributed by atoms with Crippen molar-refractivity contribution in [3.63, 3.8) is 0 Å². The first-order valence-electron chi connectivity index (χ1n) is 9.91. The number of carbonyl (C=O) groups excluding carboxylic acids is 3. The average molecular weight is 408 g/mol. The zero-order chi connectivity index (χ0) is 21.0. The molecular weight excluding hydrogens is 387 g/mol. The van der Waals surface area contributed by atoms with E-state index in [2.05, 4.69) is 10.2 Å². The Bertz CT molecular complexity index is 1060. The van der Waals surface area contributed by atoms with Crippen LogP contribution in [0.2, 0.25) is 0 Å². The van der Waals surface area contributed by atoms with Crippen molar-refractivity contribution in [1.82, 2.24) is 10.2 Å². The predicted molar refractivity (Wildman–Crippen MR) is 109 cm³/mol. The molecule has 0 aromatic heterocycles. The number of nitrogens with zero attached hydrogens (tertiary/aromatic N) is 3. The number of hydrogen-bond donors (Lipinski definition) is 1. The number of imide groups is 2. The molecule has 8 heteroatoms. The van der Waals surface area contributed by atoms with Gasteiger partial charge in [-0.05, 0) is 30.2 Å². The van der Waals surface area contributed by atoms with E-state index < -0.39 is 29.3 Å². The molecular formula is C22H21FN4O3. The first kappa shape index (κ1) is 18.6. The summed E-state index contributed by atoms with van der Waals surface area (Å²) in [6.07, 6.45) is 0.0478. The van der Waals surface area contributed by atoms with Crippen LogP contribution < -0.4 is 15.1 Å². The van der Waals surface area contributed by atoms with Gasteiger partial charge in [-0.15, -0.1) is 0 Å². The van der Waals surface area contributed by atoms with E-state index in [1.807, 2.05) is 35.2 Å². The van der Waals surface area contributed by atoms with Crippen molar-refractivity contribution in [3.05, 3.63) is 59.9 Å². The molecule has 3 aliphatic heterocycles. The van der Waals surface area contributed by atoms with Crippen molar-refractivity contribution < 1.29 is 18.8 Å². The minimum atomic E-state index is -1.50. The summed E-state index contributed by atoms with van der Waals surface area (Å²) in [5.41, 5.74) is 0.517. The van der Waals surface area contributed by atoms with Gasteiger partial charge in [-0.3, -0.25) is 19.8 Å². The Morgan fingerprint density at radius 3 is 2.57 bits per heavy atom. The monoisotopic (exact) mass is 408 g/mol. The minimum Gasteiger partial charge on any atom is -0.368 e. The van der Waals surface area contributed by atoms with Crippen molar-refractivity contribution in [2.45, 2.75) is 12.5 Å². The highest BCUT2D eigenvalue weighted by atomic mass is 19.1. The van der Waals surface area contributed by atoms with Gasteiger partial charge in [0, 0.05) is 32.4 Å². The Balaban J connectivity index is 1.65. The highest BCUT2D eigenvalue weighted by molar-refractivity contribution is 6.20. The van der Waals surface area contributed by atoms with Crippen LogP contribution in [-0.2, 0) is 16.0 Å². The van der Waals surface area contributed by atoms with Crippen molar-refractivity contribution in [1.29, 1.82) is 0 Å². The minimum absolute atomic E-state index is 0.0478. The quantitative estimate of drug-likeness (QED) is 0.729. The normalized spacial score (nSPS) is 25.9. The number of hydrogen-bond acceptors (Lipinski definition) is 5. The molecule has 1 N–H and O–H groups in total. The van der Waals surface area contributed by atoms with E-state index in [1.54, 1.807) is 12.1 Å². The number of halogens is 1. The van der Waals surface area contributed by atoms with Gasteiger partial charge in [-0.1, -0.05) is 30.3 Å². The highest BCUT2D eigenvalue weighted by Gasteiger charge is 2.62. The lowest BCUT2D eigenvalue weighted by Crippen LogP contribution is -2.74. The molecule has 2 aromatic rings. The molecule has 3 heterocycles. The smallest absolute Gasteiger partial charge is 0.330 e. The van der Waals surface area contributed by atoms with E-state index in [1.165, 1.54) is 13.1 Å². The van der Waals surface area contributed by atoms with Crippen LogP contribution in [0.5, 0.6) is 0 Å². The number of nitrogens with one attached hydrogen (secondary N) is 1. The summed E-state index contributed by atoms with van der Waals surface area (Å²) >= 11 is 0. The van der Waals surface area contributed by atoms with Crippen molar-refractivity contribution in [3.8, 4) is 0 Å². The zero-order valence-corrected chi connectivity index (χ0v) is 16.5. The third kappa shape index (κ3) is 2.46. The number of rotatable bonds is 1. The Hall–Kier alpha value is -3.42. The number of piperazine rings is 1. The van der Waals surface area contributed by atoms with Crippen LogP contribution in [0.15, 0.2) is 48.5 Å². The lowest BCUT2D eigenvalue weighted by Gasteiger charge is -2.55. The van der Waals surface area contributed by atoms with E-state index in [0.717, 1.165) is 10.6 Å². The third-order valence-electron chi connectivity index (χ3n) is 6.51. The molecule has 5 rings (SSSR count). The van der Waals surface area contributed by atoms with Crippen LogP contribution in [0.25, 0.3) is 0 Å². The second-order valence-corrected chi connectivity index (χ2v) is 8.01. The Morgan fingerprint density at radius 2 is 1.80 bits per heavy atom. The molecule has 3 aliphatic rings. The van der Waals surface area contributed by atoms with Gasteiger partial charge >= 0.3 is 6.03 Å². The number of carbonyl (C=O) groups is 3. The summed E-state index contributed by atoms with van der Waals surface area (Å²) < 4.78 is 14.8.